The molecule has 0 saturated carbocycles. The number of rotatable bonds is 7. The van der Waals surface area contributed by atoms with Gasteiger partial charge in [0, 0.05) is 22.0 Å². The topological polar surface area (TPSA) is 104 Å². The number of nitrogens with two attached hydrogens (primary N) is 1. The Balaban J connectivity index is 1.30. The molecule has 6 rings (SSSR count). The average molecular weight is 584 g/mol. The molecule has 3 N–H and O–H groups in total. The lowest BCUT2D eigenvalue weighted by Gasteiger charge is -2.24. The van der Waals surface area contributed by atoms with E-state index < -0.39 is 5.97 Å². The van der Waals surface area contributed by atoms with E-state index in [1.807, 2.05) is 35.7 Å². The minimum absolute atomic E-state index is 0.217. The van der Waals surface area contributed by atoms with Gasteiger partial charge in [-0.1, -0.05) is 42.5 Å². The van der Waals surface area contributed by atoms with Crippen molar-refractivity contribution in [3.63, 3.8) is 0 Å². The van der Waals surface area contributed by atoms with Crippen molar-refractivity contribution in [1.82, 2.24) is 4.98 Å². The van der Waals surface area contributed by atoms with E-state index in [2.05, 4.69) is 35.6 Å². The number of hydrogen-bond donors (Lipinski definition) is 2. The van der Waals surface area contributed by atoms with Gasteiger partial charge in [-0.15, -0.1) is 22.7 Å². The highest BCUT2D eigenvalue weighted by Gasteiger charge is 2.27. The van der Waals surface area contributed by atoms with Crippen LogP contribution in [0.15, 0.2) is 66.0 Å². The molecule has 0 bridgehead atoms. The van der Waals surface area contributed by atoms with E-state index >= 15 is 0 Å². The Kier molecular flexibility index (Phi) is 7.47. The monoisotopic (exact) mass is 583 g/mol. The lowest BCUT2D eigenvalue weighted by Crippen LogP contribution is -2.15. The summed E-state index contributed by atoms with van der Waals surface area (Å²) in [6.07, 6.45) is 2.82. The van der Waals surface area contributed by atoms with E-state index in [1.165, 1.54) is 33.8 Å². The zero-order valence-electron chi connectivity index (χ0n) is 22.7. The fourth-order valence-electron chi connectivity index (χ4n) is 5.37. The average Bonchev–Trinajstić information content (AvgIpc) is 3.57. The second kappa shape index (κ2) is 11.3. The van der Waals surface area contributed by atoms with Crippen molar-refractivity contribution in [3.05, 3.63) is 93.3 Å². The predicted octanol–water partition coefficient (Wildman–Crippen LogP) is 7.32. The van der Waals surface area contributed by atoms with Crippen molar-refractivity contribution >= 4 is 55.5 Å². The highest BCUT2D eigenvalue weighted by molar-refractivity contribution is 7.21. The Labute approximate surface area is 246 Å². The number of fused-ring (bicyclic) bond motifs is 2. The van der Waals surface area contributed by atoms with Gasteiger partial charge in [0.2, 0.25) is 0 Å². The van der Waals surface area contributed by atoms with Gasteiger partial charge in [-0.3, -0.25) is 4.79 Å². The summed E-state index contributed by atoms with van der Waals surface area (Å²) < 4.78 is 10.6. The van der Waals surface area contributed by atoms with Crippen LogP contribution in [0.5, 0.6) is 5.75 Å². The molecule has 0 spiro atoms. The third-order valence-corrected chi connectivity index (χ3v) is 9.47. The van der Waals surface area contributed by atoms with Gasteiger partial charge in [0.05, 0.1) is 19.4 Å². The number of nitrogens with one attached hydrogen (secondary N) is 1. The van der Waals surface area contributed by atoms with E-state index in [0.717, 1.165) is 40.7 Å². The Morgan fingerprint density at radius 1 is 1.12 bits per heavy atom. The first-order valence-electron chi connectivity index (χ1n) is 13.5. The Morgan fingerprint density at radius 2 is 1.90 bits per heavy atom. The highest BCUT2D eigenvalue weighted by atomic mass is 32.1. The number of carbonyl (C=O) groups excluding carboxylic acids is 2. The van der Waals surface area contributed by atoms with Gasteiger partial charge in [-0.25, -0.2) is 9.78 Å². The summed E-state index contributed by atoms with van der Waals surface area (Å²) in [4.78, 5) is 32.6. The molecule has 2 aromatic carbocycles. The van der Waals surface area contributed by atoms with E-state index in [4.69, 9.17) is 20.2 Å². The second-order valence-corrected chi connectivity index (χ2v) is 11.8. The number of nitrogens with zero attached hydrogens (tertiary/aromatic N) is 1. The van der Waals surface area contributed by atoms with Gasteiger partial charge >= 0.3 is 5.97 Å². The van der Waals surface area contributed by atoms with Crippen LogP contribution in [-0.2, 0) is 17.6 Å². The van der Waals surface area contributed by atoms with Crippen LogP contribution in [0.4, 0.5) is 10.7 Å². The highest BCUT2D eigenvalue weighted by Crippen LogP contribution is 2.40. The van der Waals surface area contributed by atoms with Crippen molar-refractivity contribution in [2.24, 2.45) is 0 Å². The molecule has 41 heavy (non-hydrogen) atoms. The normalized spacial score (nSPS) is 14.4. The number of esters is 1. The van der Waals surface area contributed by atoms with E-state index in [0.29, 0.717) is 38.4 Å². The third-order valence-electron chi connectivity index (χ3n) is 7.46. The molecule has 0 fully saturated rings. The number of aromatic nitrogens is 1. The fourth-order valence-corrected chi connectivity index (χ4v) is 7.31. The molecule has 0 radical (unpaired) electrons. The molecule has 1 aliphatic carbocycles. The van der Waals surface area contributed by atoms with Gasteiger partial charge < -0.3 is 20.5 Å². The first-order chi connectivity index (χ1) is 20.0. The van der Waals surface area contributed by atoms with Crippen molar-refractivity contribution in [2.45, 2.75) is 32.1 Å². The quantitative estimate of drug-likeness (QED) is 0.195. The minimum Gasteiger partial charge on any atom is -0.497 e. The molecule has 0 saturated heterocycles. The molecule has 5 aromatic rings. The molecular weight excluding hydrogens is 555 g/mol. The van der Waals surface area contributed by atoms with Crippen LogP contribution in [0.2, 0.25) is 0 Å². The maximum Gasteiger partial charge on any atom is 0.341 e. The summed E-state index contributed by atoms with van der Waals surface area (Å²) in [6, 6.07) is 20.0. The van der Waals surface area contributed by atoms with Gasteiger partial charge in [-0.2, -0.15) is 0 Å². The summed E-state index contributed by atoms with van der Waals surface area (Å²) in [5.41, 5.74) is 12.4. The number of thiophene rings is 2. The molecule has 1 unspecified atom stereocenters. The Hall–Kier alpha value is -4.21. The van der Waals surface area contributed by atoms with Crippen LogP contribution in [-0.4, -0.2) is 30.6 Å². The van der Waals surface area contributed by atoms with Crippen LogP contribution in [0, 0.1) is 0 Å². The van der Waals surface area contributed by atoms with Crippen LogP contribution >= 0.6 is 22.7 Å². The number of amides is 1. The van der Waals surface area contributed by atoms with Crippen molar-refractivity contribution in [1.29, 1.82) is 0 Å². The number of methoxy groups -OCH3 is 1. The first-order valence-corrected chi connectivity index (χ1v) is 15.2. The summed E-state index contributed by atoms with van der Waals surface area (Å²) in [5.74, 6) is 0.271. The Bertz CT molecular complexity index is 1740. The minimum atomic E-state index is -0.499. The summed E-state index contributed by atoms with van der Waals surface area (Å²) in [6.45, 7) is 1.97. The van der Waals surface area contributed by atoms with E-state index in [1.54, 1.807) is 14.0 Å². The standard InChI is InChI=1S/C32H29N3O4S2/c1-3-39-32(37)26-24(19-9-12-22(38-2)13-10-19)17-40-31(26)35-29(36)28-27(33)23-16-21-15-20(18-7-5-4-6-8-18)11-14-25(21)34-30(23)41-28/h4-10,12-13,16-17,20H,3,11,14-15,33H2,1-2H3,(H,35,36). The van der Waals surface area contributed by atoms with Crippen molar-refractivity contribution in [3.8, 4) is 16.9 Å². The number of benzene rings is 2. The van der Waals surface area contributed by atoms with Crippen molar-refractivity contribution in [2.75, 3.05) is 24.8 Å². The number of nitrogen functional groups attached to an aromatic ring is 1. The molecule has 0 aliphatic heterocycles. The fraction of sp³-hybridized carbons (Fsp3) is 0.219. The van der Waals surface area contributed by atoms with Crippen molar-refractivity contribution < 1.29 is 19.1 Å². The van der Waals surface area contributed by atoms with Gasteiger partial charge in [0.25, 0.3) is 5.91 Å². The predicted molar refractivity (Wildman–Crippen MR) is 165 cm³/mol. The molecule has 1 atom stereocenters. The summed E-state index contributed by atoms with van der Waals surface area (Å²) in [7, 11) is 1.60. The van der Waals surface area contributed by atoms with Crippen LogP contribution < -0.4 is 15.8 Å². The van der Waals surface area contributed by atoms with E-state index in [9.17, 15) is 9.59 Å². The van der Waals surface area contributed by atoms with Crippen LogP contribution in [0.3, 0.4) is 0 Å². The van der Waals surface area contributed by atoms with Gasteiger partial charge in [0.15, 0.2) is 0 Å². The SMILES string of the molecule is CCOC(=O)c1c(-c2ccc(OC)cc2)csc1NC(=O)c1sc2nc3c(cc2c1N)CC(c1ccccc1)CC3. The summed E-state index contributed by atoms with van der Waals surface area (Å²) >= 11 is 2.55. The molecule has 1 aliphatic rings. The first kappa shape index (κ1) is 27.0. The molecule has 9 heteroatoms. The molecule has 3 heterocycles. The number of aryl methyl sites for hydroxylation is 1. The maximum atomic E-state index is 13.6. The van der Waals surface area contributed by atoms with Crippen LogP contribution in [0.25, 0.3) is 21.3 Å². The van der Waals surface area contributed by atoms with Gasteiger partial charge in [-0.05, 0) is 67.0 Å². The summed E-state index contributed by atoms with van der Waals surface area (Å²) in [5, 5.41) is 5.99. The number of ether oxygens (including phenoxy) is 2. The molecular formula is C32H29N3O4S2. The molecule has 208 valence electrons. The largest absolute Gasteiger partial charge is 0.497 e. The molecule has 7 nitrogen and oxygen atoms in total. The maximum absolute atomic E-state index is 13.6. The number of hydrogen-bond acceptors (Lipinski definition) is 8. The lowest BCUT2D eigenvalue weighted by molar-refractivity contribution is 0.0529. The van der Waals surface area contributed by atoms with Gasteiger partial charge in [0.1, 0.15) is 26.0 Å². The van der Waals surface area contributed by atoms with Crippen LogP contribution in [0.1, 0.15) is 56.1 Å². The number of anilines is 2. The lowest BCUT2D eigenvalue weighted by atomic mass is 9.82. The zero-order valence-corrected chi connectivity index (χ0v) is 24.4. The second-order valence-electron chi connectivity index (χ2n) is 9.90. The smallest absolute Gasteiger partial charge is 0.341 e. The Morgan fingerprint density at radius 3 is 2.63 bits per heavy atom. The molecule has 3 aromatic heterocycles. The zero-order chi connectivity index (χ0) is 28.5. The van der Waals surface area contributed by atoms with E-state index in [-0.39, 0.29) is 12.5 Å². The number of carbonyl (C=O) groups is 2. The molecule has 1 amide bonds. The number of pyridine rings is 1. The third kappa shape index (κ3) is 5.18.